The van der Waals surface area contributed by atoms with E-state index >= 15 is 0 Å². The third-order valence-corrected chi connectivity index (χ3v) is 6.98. The summed E-state index contributed by atoms with van der Waals surface area (Å²) in [6, 6.07) is 17.2. The number of esters is 1. The smallest absolute Gasteiger partial charge is 0.338 e. The van der Waals surface area contributed by atoms with Crippen LogP contribution in [0, 0.1) is 5.92 Å². The number of hydrogen-bond acceptors (Lipinski definition) is 7. The van der Waals surface area contributed by atoms with Crippen molar-refractivity contribution < 1.29 is 19.4 Å². The zero-order chi connectivity index (χ0) is 22.2. The second-order valence-corrected chi connectivity index (χ2v) is 8.83. The van der Waals surface area contributed by atoms with Gasteiger partial charge < -0.3 is 14.7 Å². The molecule has 32 heavy (non-hydrogen) atoms. The SMILES string of the molecule is CCOC(=O)c1ccc(N2C(=O)C3NNC(c4cccs4)C3C2c2cccc(O)c2)cc1. The number of aromatic hydroxyl groups is 1. The van der Waals surface area contributed by atoms with E-state index in [4.69, 9.17) is 4.74 Å². The first-order chi connectivity index (χ1) is 15.6. The first kappa shape index (κ1) is 20.7. The van der Waals surface area contributed by atoms with Gasteiger partial charge in [-0.3, -0.25) is 4.79 Å². The Labute approximate surface area is 189 Å². The molecule has 3 aromatic rings. The van der Waals surface area contributed by atoms with Crippen LogP contribution >= 0.6 is 11.3 Å². The number of thiophene rings is 1. The highest BCUT2D eigenvalue weighted by Crippen LogP contribution is 2.49. The Balaban J connectivity index is 1.57. The minimum absolute atomic E-state index is 0.0555. The van der Waals surface area contributed by atoms with Gasteiger partial charge in [0.25, 0.3) is 0 Å². The van der Waals surface area contributed by atoms with Crippen LogP contribution in [0.1, 0.15) is 39.8 Å². The number of rotatable bonds is 5. The molecule has 0 bridgehead atoms. The van der Waals surface area contributed by atoms with Crippen molar-refractivity contribution in [3.63, 3.8) is 0 Å². The molecule has 164 valence electrons. The van der Waals surface area contributed by atoms with Gasteiger partial charge in [0.2, 0.25) is 5.91 Å². The summed E-state index contributed by atoms with van der Waals surface area (Å²) in [6.45, 7) is 2.07. The average molecular weight is 450 g/mol. The Morgan fingerprint density at radius 2 is 1.88 bits per heavy atom. The third-order valence-electron chi connectivity index (χ3n) is 6.03. The first-order valence-electron chi connectivity index (χ1n) is 10.5. The first-order valence-corrected chi connectivity index (χ1v) is 11.4. The summed E-state index contributed by atoms with van der Waals surface area (Å²) in [5, 5.41) is 12.2. The molecule has 0 radical (unpaired) electrons. The van der Waals surface area contributed by atoms with Crippen LogP contribution in [0.3, 0.4) is 0 Å². The van der Waals surface area contributed by atoms with E-state index in [2.05, 4.69) is 16.9 Å². The van der Waals surface area contributed by atoms with Gasteiger partial charge in [-0.1, -0.05) is 18.2 Å². The lowest BCUT2D eigenvalue weighted by atomic mass is 9.85. The maximum absolute atomic E-state index is 13.6. The predicted molar refractivity (Wildman–Crippen MR) is 121 cm³/mol. The van der Waals surface area contributed by atoms with Crippen molar-refractivity contribution in [3.05, 3.63) is 82.0 Å². The molecule has 4 atom stereocenters. The molecule has 3 heterocycles. The van der Waals surface area contributed by atoms with Crippen molar-refractivity contribution in [3.8, 4) is 5.75 Å². The van der Waals surface area contributed by atoms with Gasteiger partial charge in [-0.25, -0.2) is 15.6 Å². The number of nitrogens with zero attached hydrogens (tertiary/aromatic N) is 1. The van der Waals surface area contributed by atoms with E-state index in [1.165, 1.54) is 0 Å². The van der Waals surface area contributed by atoms with E-state index in [1.54, 1.807) is 65.6 Å². The summed E-state index contributed by atoms with van der Waals surface area (Å²) >= 11 is 1.64. The number of amides is 1. The molecule has 2 aromatic carbocycles. The molecule has 2 aliphatic rings. The van der Waals surface area contributed by atoms with Crippen LogP contribution in [-0.4, -0.2) is 29.6 Å². The molecule has 1 aromatic heterocycles. The molecule has 3 N–H and O–H groups in total. The lowest BCUT2D eigenvalue weighted by Crippen LogP contribution is -2.41. The van der Waals surface area contributed by atoms with Crippen molar-refractivity contribution in [2.75, 3.05) is 11.5 Å². The zero-order valence-corrected chi connectivity index (χ0v) is 18.2. The van der Waals surface area contributed by atoms with Gasteiger partial charge in [0.15, 0.2) is 0 Å². The van der Waals surface area contributed by atoms with Crippen molar-refractivity contribution >= 4 is 28.9 Å². The van der Waals surface area contributed by atoms with Gasteiger partial charge in [-0.15, -0.1) is 11.3 Å². The lowest BCUT2D eigenvalue weighted by Gasteiger charge is -2.31. The largest absolute Gasteiger partial charge is 0.508 e. The average Bonchev–Trinajstić information content (AvgIpc) is 3.52. The van der Waals surface area contributed by atoms with Crippen LogP contribution in [0.2, 0.25) is 0 Å². The number of carbonyl (C=O) groups is 2. The standard InChI is InChI=1S/C24H23N3O4S/c1-2-31-24(30)14-8-10-16(11-9-14)27-22(15-5-3-6-17(28)13-15)19-20(18-7-4-12-32-18)25-26-21(19)23(27)29/h3-13,19-22,25-26,28H,2H2,1H3. The number of anilines is 1. The summed E-state index contributed by atoms with van der Waals surface area (Å²) in [5.41, 5.74) is 8.48. The highest BCUT2D eigenvalue weighted by Gasteiger charge is 2.56. The Hall–Kier alpha value is -3.20. The Kier molecular flexibility index (Phi) is 5.42. The maximum Gasteiger partial charge on any atom is 0.338 e. The predicted octanol–water partition coefficient (Wildman–Crippen LogP) is 3.55. The highest BCUT2D eigenvalue weighted by atomic mass is 32.1. The Bertz CT molecular complexity index is 1130. The lowest BCUT2D eigenvalue weighted by molar-refractivity contribution is -0.119. The fourth-order valence-corrected chi connectivity index (χ4v) is 5.52. The number of hydrogen-bond donors (Lipinski definition) is 3. The normalized spacial score (nSPS) is 24.5. The monoisotopic (exact) mass is 449 g/mol. The quantitative estimate of drug-likeness (QED) is 0.516. The number of phenols is 1. The number of nitrogens with one attached hydrogen (secondary N) is 2. The molecule has 4 unspecified atom stereocenters. The number of phenolic OH excluding ortho intramolecular Hbond substituents is 1. The van der Waals surface area contributed by atoms with Gasteiger partial charge in [-0.05, 0) is 60.3 Å². The second-order valence-electron chi connectivity index (χ2n) is 7.85. The number of hydrazine groups is 1. The van der Waals surface area contributed by atoms with Crippen molar-refractivity contribution in [1.82, 2.24) is 10.9 Å². The van der Waals surface area contributed by atoms with E-state index in [0.717, 1.165) is 10.4 Å². The molecule has 2 saturated heterocycles. The van der Waals surface area contributed by atoms with Crippen LogP contribution < -0.4 is 15.8 Å². The number of fused-ring (bicyclic) bond motifs is 1. The van der Waals surface area contributed by atoms with E-state index in [1.807, 2.05) is 17.5 Å². The topological polar surface area (TPSA) is 90.9 Å². The molecular weight excluding hydrogens is 426 g/mol. The molecule has 0 spiro atoms. The minimum Gasteiger partial charge on any atom is -0.508 e. The minimum atomic E-state index is -0.417. The van der Waals surface area contributed by atoms with Crippen LogP contribution in [0.5, 0.6) is 5.75 Å². The summed E-state index contributed by atoms with van der Waals surface area (Å²) in [4.78, 5) is 28.5. The van der Waals surface area contributed by atoms with Crippen molar-refractivity contribution in [2.24, 2.45) is 5.92 Å². The Morgan fingerprint density at radius 3 is 2.56 bits per heavy atom. The summed E-state index contributed by atoms with van der Waals surface area (Å²) in [5.74, 6) is -0.383. The fourth-order valence-electron chi connectivity index (χ4n) is 4.68. The van der Waals surface area contributed by atoms with Crippen molar-refractivity contribution in [1.29, 1.82) is 0 Å². The summed E-state index contributed by atoms with van der Waals surface area (Å²) < 4.78 is 5.07. The van der Waals surface area contributed by atoms with E-state index in [9.17, 15) is 14.7 Å². The van der Waals surface area contributed by atoms with Gasteiger partial charge in [0.05, 0.1) is 24.3 Å². The molecule has 7 nitrogen and oxygen atoms in total. The zero-order valence-electron chi connectivity index (χ0n) is 17.4. The van der Waals surface area contributed by atoms with Crippen LogP contribution in [-0.2, 0) is 9.53 Å². The van der Waals surface area contributed by atoms with Gasteiger partial charge in [-0.2, -0.15) is 0 Å². The highest BCUT2D eigenvalue weighted by molar-refractivity contribution is 7.10. The molecule has 0 saturated carbocycles. The molecule has 8 heteroatoms. The maximum atomic E-state index is 13.6. The summed E-state index contributed by atoms with van der Waals surface area (Å²) in [6.07, 6.45) is 0. The number of benzene rings is 2. The number of carbonyl (C=O) groups excluding carboxylic acids is 2. The molecular formula is C24H23N3O4S. The molecule has 2 fully saturated rings. The van der Waals surface area contributed by atoms with Crippen LogP contribution in [0.25, 0.3) is 0 Å². The third kappa shape index (κ3) is 3.46. The van der Waals surface area contributed by atoms with E-state index < -0.39 is 12.0 Å². The van der Waals surface area contributed by atoms with Gasteiger partial charge >= 0.3 is 5.97 Å². The van der Waals surface area contributed by atoms with Crippen LogP contribution in [0.15, 0.2) is 66.0 Å². The van der Waals surface area contributed by atoms with Gasteiger partial charge in [0.1, 0.15) is 11.8 Å². The van der Waals surface area contributed by atoms with Gasteiger partial charge in [0, 0.05) is 16.5 Å². The van der Waals surface area contributed by atoms with Crippen molar-refractivity contribution in [2.45, 2.75) is 25.0 Å². The van der Waals surface area contributed by atoms with E-state index in [-0.39, 0.29) is 29.7 Å². The molecule has 0 aliphatic carbocycles. The van der Waals surface area contributed by atoms with E-state index in [0.29, 0.717) is 17.9 Å². The Morgan fingerprint density at radius 1 is 1.09 bits per heavy atom. The molecule has 5 rings (SSSR count). The molecule has 2 aliphatic heterocycles. The van der Waals surface area contributed by atoms with Crippen LogP contribution in [0.4, 0.5) is 5.69 Å². The second kappa shape index (κ2) is 8.38. The number of ether oxygens (including phenoxy) is 1. The fraction of sp³-hybridized carbons (Fsp3) is 0.250. The summed E-state index contributed by atoms with van der Waals surface area (Å²) in [7, 11) is 0. The molecule has 1 amide bonds.